The highest BCUT2D eigenvalue weighted by atomic mass is 32.2. The number of piperidine rings is 1. The predicted molar refractivity (Wildman–Crippen MR) is 109 cm³/mol. The minimum atomic E-state index is -3.83. The van der Waals surface area contributed by atoms with Crippen LogP contribution < -0.4 is 4.90 Å². The van der Waals surface area contributed by atoms with E-state index in [-0.39, 0.29) is 30.8 Å². The van der Waals surface area contributed by atoms with Crippen molar-refractivity contribution in [1.82, 2.24) is 13.1 Å². The quantitative estimate of drug-likeness (QED) is 0.610. The summed E-state index contributed by atoms with van der Waals surface area (Å²) < 4.78 is 41.4. The van der Waals surface area contributed by atoms with Gasteiger partial charge < -0.3 is 4.74 Å². The van der Waals surface area contributed by atoms with Crippen molar-refractivity contribution in [2.24, 2.45) is 0 Å². The number of hydrogen-bond donors (Lipinski definition) is 0. The number of ether oxygens (including phenoxy) is 1. The Labute approximate surface area is 176 Å². The van der Waals surface area contributed by atoms with E-state index in [1.165, 1.54) is 10.4 Å². The molecule has 2 aromatic carbocycles. The molecule has 3 heterocycles. The van der Waals surface area contributed by atoms with Gasteiger partial charge in [0.05, 0.1) is 17.4 Å². The highest BCUT2D eigenvalue weighted by Crippen LogP contribution is 2.38. The van der Waals surface area contributed by atoms with Crippen LogP contribution >= 0.6 is 11.7 Å². The van der Waals surface area contributed by atoms with E-state index in [2.05, 4.69) is 8.75 Å². The van der Waals surface area contributed by atoms with Crippen LogP contribution in [0.2, 0.25) is 0 Å². The molecule has 5 rings (SSSR count). The third-order valence-electron chi connectivity index (χ3n) is 5.47. The summed E-state index contributed by atoms with van der Waals surface area (Å²) in [5.41, 5.74) is -0.0517. The van der Waals surface area contributed by atoms with Crippen LogP contribution in [0.3, 0.4) is 0 Å². The van der Waals surface area contributed by atoms with Crippen LogP contribution in [-0.4, -0.2) is 52.2 Å². The molecule has 0 aliphatic carbocycles. The molecule has 0 N–H and O–H groups in total. The number of rotatable bonds is 3. The Kier molecular flexibility index (Phi) is 4.34. The van der Waals surface area contributed by atoms with Gasteiger partial charge in [-0.1, -0.05) is 24.3 Å². The van der Waals surface area contributed by atoms with Crippen molar-refractivity contribution < 1.29 is 22.7 Å². The second kappa shape index (κ2) is 6.83. The lowest BCUT2D eigenvalue weighted by Crippen LogP contribution is -2.51. The highest BCUT2D eigenvalue weighted by molar-refractivity contribution is 7.89. The molecule has 2 fully saturated rings. The van der Waals surface area contributed by atoms with Gasteiger partial charge in [0, 0.05) is 25.9 Å². The van der Waals surface area contributed by atoms with E-state index in [0.29, 0.717) is 16.7 Å². The topological polar surface area (TPSA) is 110 Å². The fraction of sp³-hybridized carbons (Fsp3) is 0.263. The normalized spacial score (nSPS) is 19.5. The number of benzene rings is 2. The van der Waals surface area contributed by atoms with Gasteiger partial charge in [-0.25, -0.2) is 18.1 Å². The Morgan fingerprint density at radius 1 is 0.967 bits per heavy atom. The minimum absolute atomic E-state index is 0.0535. The maximum Gasteiger partial charge on any atom is 0.422 e. The van der Waals surface area contributed by atoms with E-state index in [1.807, 2.05) is 0 Å². The largest absolute Gasteiger partial charge is 0.432 e. The summed E-state index contributed by atoms with van der Waals surface area (Å²) in [5, 5.41) is 0. The van der Waals surface area contributed by atoms with Crippen LogP contribution in [0.25, 0.3) is 11.0 Å². The number of anilines is 1. The molecule has 9 nitrogen and oxygen atoms in total. The van der Waals surface area contributed by atoms with Gasteiger partial charge in [0.15, 0.2) is 5.60 Å². The van der Waals surface area contributed by atoms with Crippen LogP contribution in [-0.2, 0) is 19.6 Å². The fourth-order valence-corrected chi connectivity index (χ4v) is 6.07. The Bertz CT molecular complexity index is 1250. The molecule has 0 radical (unpaired) electrons. The zero-order chi connectivity index (χ0) is 20.9. The number of carbonyl (C=O) groups excluding carboxylic acids is 2. The molecular formula is C19H16N4O5S2. The van der Waals surface area contributed by atoms with Gasteiger partial charge in [-0.3, -0.25) is 4.79 Å². The lowest BCUT2D eigenvalue weighted by atomic mass is 9.91. The molecule has 154 valence electrons. The number of hydrogen-bond acceptors (Lipinski definition) is 8. The van der Waals surface area contributed by atoms with Crippen LogP contribution in [0, 0.1) is 0 Å². The fourth-order valence-electron chi connectivity index (χ4n) is 3.88. The number of aromatic nitrogens is 2. The second-order valence-electron chi connectivity index (χ2n) is 7.13. The number of carbonyl (C=O) groups is 2. The molecule has 3 aromatic rings. The van der Waals surface area contributed by atoms with E-state index in [9.17, 15) is 18.0 Å². The molecule has 0 unspecified atom stereocenters. The molecule has 2 aliphatic rings. The first-order valence-electron chi connectivity index (χ1n) is 9.26. The van der Waals surface area contributed by atoms with E-state index < -0.39 is 27.6 Å². The average molecular weight is 444 g/mol. The van der Waals surface area contributed by atoms with Crippen molar-refractivity contribution in [3.63, 3.8) is 0 Å². The lowest BCUT2D eigenvalue weighted by Gasteiger charge is -2.35. The van der Waals surface area contributed by atoms with Crippen molar-refractivity contribution in [1.29, 1.82) is 0 Å². The molecule has 1 spiro atoms. The summed E-state index contributed by atoms with van der Waals surface area (Å²) in [5.74, 6) is -0.457. The van der Waals surface area contributed by atoms with E-state index in [0.717, 1.165) is 16.6 Å². The van der Waals surface area contributed by atoms with E-state index >= 15 is 0 Å². The first kappa shape index (κ1) is 19.1. The van der Waals surface area contributed by atoms with Crippen LogP contribution in [0.15, 0.2) is 53.4 Å². The molecular weight excluding hydrogens is 428 g/mol. The summed E-state index contributed by atoms with van der Waals surface area (Å²) in [6, 6.07) is 13.4. The molecule has 30 heavy (non-hydrogen) atoms. The van der Waals surface area contributed by atoms with Crippen molar-refractivity contribution >= 4 is 50.5 Å². The molecule has 0 atom stereocenters. The van der Waals surface area contributed by atoms with Gasteiger partial charge in [0.1, 0.15) is 15.9 Å². The Morgan fingerprint density at radius 3 is 2.43 bits per heavy atom. The predicted octanol–water partition coefficient (Wildman–Crippen LogP) is 2.40. The maximum atomic E-state index is 13.2. The van der Waals surface area contributed by atoms with Gasteiger partial charge in [-0.05, 0) is 24.3 Å². The van der Waals surface area contributed by atoms with Crippen molar-refractivity contribution in [2.75, 3.05) is 18.0 Å². The first-order chi connectivity index (χ1) is 14.4. The Balaban J connectivity index is 1.39. The summed E-state index contributed by atoms with van der Waals surface area (Å²) in [4.78, 5) is 26.6. The highest BCUT2D eigenvalue weighted by Gasteiger charge is 2.56. The van der Waals surface area contributed by atoms with Crippen LogP contribution in [0.5, 0.6) is 0 Å². The smallest absolute Gasteiger partial charge is 0.422 e. The van der Waals surface area contributed by atoms with Crippen molar-refractivity contribution in [3.8, 4) is 0 Å². The van der Waals surface area contributed by atoms with Gasteiger partial charge in [0.2, 0.25) is 10.0 Å². The van der Waals surface area contributed by atoms with Gasteiger partial charge in [-0.2, -0.15) is 13.1 Å². The molecule has 0 saturated carbocycles. The molecule has 2 amide bonds. The monoisotopic (exact) mass is 444 g/mol. The SMILES string of the molecule is O=C1OC2(CCN(S(=O)(=O)c3cccc4nsnc34)CC2)C(=O)N1c1ccccc1. The number of para-hydroxylation sites is 1. The second-order valence-corrected chi connectivity index (χ2v) is 9.57. The minimum Gasteiger partial charge on any atom is -0.432 e. The summed E-state index contributed by atoms with van der Waals surface area (Å²) >= 11 is 0.953. The van der Waals surface area contributed by atoms with Crippen molar-refractivity contribution in [2.45, 2.75) is 23.3 Å². The molecule has 1 aromatic heterocycles. The molecule has 2 saturated heterocycles. The Hall–Kier alpha value is -2.89. The third kappa shape index (κ3) is 2.81. The average Bonchev–Trinajstić information content (AvgIpc) is 3.32. The molecule has 11 heteroatoms. The summed E-state index contributed by atoms with van der Waals surface area (Å²) in [6.45, 7) is 0.107. The zero-order valence-electron chi connectivity index (χ0n) is 15.6. The van der Waals surface area contributed by atoms with Crippen molar-refractivity contribution in [3.05, 3.63) is 48.5 Å². The van der Waals surface area contributed by atoms with Gasteiger partial charge >= 0.3 is 6.09 Å². The van der Waals surface area contributed by atoms with E-state index in [1.54, 1.807) is 42.5 Å². The van der Waals surface area contributed by atoms with Crippen LogP contribution in [0.1, 0.15) is 12.8 Å². The van der Waals surface area contributed by atoms with Crippen LogP contribution in [0.4, 0.5) is 10.5 Å². The summed E-state index contributed by atoms with van der Waals surface area (Å²) in [7, 11) is -3.83. The Morgan fingerprint density at radius 2 is 1.70 bits per heavy atom. The lowest BCUT2D eigenvalue weighted by molar-refractivity contribution is -0.132. The number of amides is 2. The van der Waals surface area contributed by atoms with E-state index in [4.69, 9.17) is 4.74 Å². The number of fused-ring (bicyclic) bond motifs is 1. The number of sulfonamides is 1. The van der Waals surface area contributed by atoms with Gasteiger partial charge in [-0.15, -0.1) is 0 Å². The van der Waals surface area contributed by atoms with Gasteiger partial charge in [0.25, 0.3) is 5.91 Å². The summed E-state index contributed by atoms with van der Waals surface area (Å²) in [6.07, 6.45) is -0.558. The number of nitrogens with zero attached hydrogens (tertiary/aromatic N) is 4. The third-order valence-corrected chi connectivity index (χ3v) is 7.94. The maximum absolute atomic E-state index is 13.2. The first-order valence-corrected chi connectivity index (χ1v) is 11.4. The molecule has 0 bridgehead atoms. The number of imide groups is 1. The standard InChI is InChI=1S/C19H16N4O5S2/c24-17-19(28-18(25)23(17)13-5-2-1-3-6-13)9-11-22(12-10-19)30(26,27)15-8-4-7-14-16(15)21-29-20-14/h1-8H,9-12H2. The molecule has 2 aliphatic heterocycles. The zero-order valence-corrected chi connectivity index (χ0v) is 17.2.